The fourth-order valence-corrected chi connectivity index (χ4v) is 4.36. The van der Waals surface area contributed by atoms with Crippen molar-refractivity contribution in [2.24, 2.45) is 0 Å². The van der Waals surface area contributed by atoms with Crippen LogP contribution in [0.15, 0.2) is 45.6 Å². The van der Waals surface area contributed by atoms with Gasteiger partial charge in [0.2, 0.25) is 23.6 Å². The largest absolute Gasteiger partial charge is 0.508 e. The summed E-state index contributed by atoms with van der Waals surface area (Å²) < 4.78 is 33.7. The number of carbonyl (C=O) groups is 3. The van der Waals surface area contributed by atoms with Gasteiger partial charge < -0.3 is 43.4 Å². The zero-order valence-corrected chi connectivity index (χ0v) is 21.8. The summed E-state index contributed by atoms with van der Waals surface area (Å²) in [4.78, 5) is 49.5. The molecule has 3 N–H and O–H groups in total. The average molecular weight is 558 g/mol. The number of hydrogen-bond donors (Lipinski definition) is 3. The summed E-state index contributed by atoms with van der Waals surface area (Å²) in [5.41, 5.74) is -0.817. The van der Waals surface area contributed by atoms with Gasteiger partial charge in [-0.05, 0) is 31.2 Å². The van der Waals surface area contributed by atoms with E-state index in [0.717, 1.165) is 32.9 Å². The number of aromatic hydroxyl groups is 3. The standard InChI is InChI=1S/C27H26O13/c1-11-22(36-12(2)28)25(37-13(3)29)26(38-14(4)30)27(35-11)40-24-21(34)20-18(33)9-17(32)10-19(20)39-23(24)15-5-7-16(31)8-6-15/h5-11,22,25-27,31-33H,1-4H3. The highest BCUT2D eigenvalue weighted by molar-refractivity contribution is 5.88. The molecule has 1 fully saturated rings. The second-order valence-corrected chi connectivity index (χ2v) is 9.02. The van der Waals surface area contributed by atoms with Crippen LogP contribution >= 0.6 is 0 Å². The summed E-state index contributed by atoms with van der Waals surface area (Å²) >= 11 is 0. The Balaban J connectivity index is 1.89. The maximum atomic E-state index is 13.7. The minimum atomic E-state index is -1.61. The van der Waals surface area contributed by atoms with Gasteiger partial charge in [0, 0.05) is 38.5 Å². The van der Waals surface area contributed by atoms with E-state index in [1.165, 1.54) is 31.2 Å². The maximum absolute atomic E-state index is 13.7. The average Bonchev–Trinajstić information content (AvgIpc) is 2.84. The number of fused-ring (bicyclic) bond motifs is 1. The van der Waals surface area contributed by atoms with Gasteiger partial charge in [0.05, 0.1) is 6.10 Å². The fourth-order valence-electron chi connectivity index (χ4n) is 4.36. The first kappa shape index (κ1) is 28.2. The summed E-state index contributed by atoms with van der Waals surface area (Å²) in [5.74, 6) is -4.08. The van der Waals surface area contributed by atoms with E-state index in [0.29, 0.717) is 0 Å². The Kier molecular flexibility index (Phi) is 7.86. The van der Waals surface area contributed by atoms with Crippen molar-refractivity contribution in [1.82, 2.24) is 0 Å². The minimum absolute atomic E-state index is 0.0789. The van der Waals surface area contributed by atoms with Crippen LogP contribution in [0.1, 0.15) is 27.7 Å². The molecule has 0 saturated carbocycles. The molecule has 40 heavy (non-hydrogen) atoms. The lowest BCUT2D eigenvalue weighted by atomic mass is 9.98. The number of hydrogen-bond acceptors (Lipinski definition) is 13. The molecule has 13 nitrogen and oxygen atoms in total. The number of phenolic OH excluding ortho intramolecular Hbond substituents is 3. The second-order valence-electron chi connectivity index (χ2n) is 9.02. The third-order valence-electron chi connectivity index (χ3n) is 5.91. The Morgan fingerprint density at radius 2 is 1.38 bits per heavy atom. The van der Waals surface area contributed by atoms with Crippen molar-refractivity contribution in [3.05, 3.63) is 46.6 Å². The first-order valence-electron chi connectivity index (χ1n) is 12.0. The second kappa shape index (κ2) is 11.1. The van der Waals surface area contributed by atoms with Gasteiger partial charge in [0.25, 0.3) is 0 Å². The van der Waals surface area contributed by atoms with E-state index in [-0.39, 0.29) is 33.8 Å². The highest BCUT2D eigenvalue weighted by Gasteiger charge is 2.52. The fraction of sp³-hybridized carbons (Fsp3) is 0.333. The molecular weight excluding hydrogens is 532 g/mol. The van der Waals surface area contributed by atoms with Gasteiger partial charge in [-0.15, -0.1) is 0 Å². The van der Waals surface area contributed by atoms with Gasteiger partial charge >= 0.3 is 17.9 Å². The molecule has 0 amide bonds. The van der Waals surface area contributed by atoms with Crippen molar-refractivity contribution >= 4 is 28.9 Å². The van der Waals surface area contributed by atoms with E-state index < -0.39 is 65.5 Å². The van der Waals surface area contributed by atoms with E-state index in [9.17, 15) is 34.5 Å². The highest BCUT2D eigenvalue weighted by Crippen LogP contribution is 2.38. The Morgan fingerprint density at radius 1 is 0.800 bits per heavy atom. The molecule has 1 aliphatic heterocycles. The molecule has 0 bridgehead atoms. The summed E-state index contributed by atoms with van der Waals surface area (Å²) in [6.07, 6.45) is -6.72. The predicted octanol–water partition coefficient (Wildman–Crippen LogP) is 2.50. The first-order valence-corrected chi connectivity index (χ1v) is 12.0. The molecule has 13 heteroatoms. The lowest BCUT2D eigenvalue weighted by Crippen LogP contribution is -2.62. The molecule has 3 aromatic rings. The number of benzene rings is 2. The zero-order valence-electron chi connectivity index (χ0n) is 21.8. The van der Waals surface area contributed by atoms with Gasteiger partial charge in [-0.2, -0.15) is 0 Å². The number of rotatable bonds is 6. The quantitative estimate of drug-likeness (QED) is 0.296. The van der Waals surface area contributed by atoms with Crippen LogP contribution in [0.3, 0.4) is 0 Å². The van der Waals surface area contributed by atoms with Crippen LogP contribution in [-0.2, 0) is 33.3 Å². The molecule has 1 saturated heterocycles. The molecule has 0 aliphatic carbocycles. The van der Waals surface area contributed by atoms with Gasteiger partial charge in [0.15, 0.2) is 18.0 Å². The molecular formula is C27H26O13. The normalized spacial score (nSPS) is 22.4. The Labute approximate surface area is 226 Å². The first-order chi connectivity index (χ1) is 18.8. The SMILES string of the molecule is CC(=O)OC1C(C)OC(Oc2c(-c3ccc(O)cc3)oc3cc(O)cc(O)c3c2=O)C(OC(C)=O)C1OC(C)=O. The van der Waals surface area contributed by atoms with Crippen LogP contribution in [0.4, 0.5) is 0 Å². The lowest BCUT2D eigenvalue weighted by Gasteiger charge is -2.43. The van der Waals surface area contributed by atoms with Gasteiger partial charge in [0.1, 0.15) is 28.2 Å². The Morgan fingerprint density at radius 3 is 1.98 bits per heavy atom. The topological polar surface area (TPSA) is 188 Å². The highest BCUT2D eigenvalue weighted by atomic mass is 16.7. The van der Waals surface area contributed by atoms with Crippen molar-refractivity contribution in [3.63, 3.8) is 0 Å². The van der Waals surface area contributed by atoms with E-state index in [1.54, 1.807) is 0 Å². The zero-order chi connectivity index (χ0) is 29.3. The lowest BCUT2D eigenvalue weighted by molar-refractivity contribution is -0.280. The molecule has 2 aromatic carbocycles. The van der Waals surface area contributed by atoms with E-state index in [2.05, 4.69) is 0 Å². The summed E-state index contributed by atoms with van der Waals surface area (Å²) in [6, 6.07) is 7.54. The maximum Gasteiger partial charge on any atom is 0.303 e. The number of ether oxygens (including phenoxy) is 5. The smallest absolute Gasteiger partial charge is 0.303 e. The summed E-state index contributed by atoms with van der Waals surface area (Å²) in [6.45, 7) is 4.81. The number of carbonyl (C=O) groups excluding carboxylic acids is 3. The third-order valence-corrected chi connectivity index (χ3v) is 5.91. The number of phenols is 3. The van der Waals surface area contributed by atoms with E-state index in [1.807, 2.05) is 0 Å². The van der Waals surface area contributed by atoms with Crippen LogP contribution < -0.4 is 10.2 Å². The van der Waals surface area contributed by atoms with Crippen molar-refractivity contribution in [1.29, 1.82) is 0 Å². The summed E-state index contributed by atoms with van der Waals surface area (Å²) in [5, 5.41) is 29.8. The van der Waals surface area contributed by atoms with Crippen molar-refractivity contribution in [3.8, 4) is 34.3 Å². The molecule has 5 unspecified atom stereocenters. The molecule has 0 spiro atoms. The van der Waals surface area contributed by atoms with Gasteiger partial charge in [-0.3, -0.25) is 19.2 Å². The van der Waals surface area contributed by atoms with Crippen LogP contribution in [0, 0.1) is 0 Å². The third kappa shape index (κ3) is 5.78. The molecule has 0 radical (unpaired) electrons. The molecule has 4 rings (SSSR count). The Bertz CT molecular complexity index is 1510. The predicted molar refractivity (Wildman–Crippen MR) is 135 cm³/mol. The van der Waals surface area contributed by atoms with Crippen molar-refractivity contribution < 1.29 is 57.8 Å². The van der Waals surface area contributed by atoms with Crippen LogP contribution in [0.2, 0.25) is 0 Å². The number of esters is 3. The molecule has 5 atom stereocenters. The molecule has 1 aliphatic rings. The van der Waals surface area contributed by atoms with Crippen molar-refractivity contribution in [2.45, 2.75) is 58.4 Å². The van der Waals surface area contributed by atoms with Gasteiger partial charge in [-0.25, -0.2) is 0 Å². The van der Waals surface area contributed by atoms with Crippen molar-refractivity contribution in [2.75, 3.05) is 0 Å². The van der Waals surface area contributed by atoms with Crippen LogP contribution in [0.25, 0.3) is 22.3 Å². The monoisotopic (exact) mass is 558 g/mol. The van der Waals surface area contributed by atoms with Gasteiger partial charge in [-0.1, -0.05) is 0 Å². The minimum Gasteiger partial charge on any atom is -0.508 e. The molecule has 1 aromatic heterocycles. The summed E-state index contributed by atoms with van der Waals surface area (Å²) in [7, 11) is 0. The molecule has 212 valence electrons. The Hall–Kier alpha value is -4.78. The molecule has 2 heterocycles. The van der Waals surface area contributed by atoms with E-state index in [4.69, 9.17) is 28.1 Å². The van der Waals surface area contributed by atoms with Crippen LogP contribution in [-0.4, -0.2) is 63.9 Å². The van der Waals surface area contributed by atoms with Crippen LogP contribution in [0.5, 0.6) is 23.0 Å². The van der Waals surface area contributed by atoms with E-state index >= 15 is 0 Å².